The van der Waals surface area contributed by atoms with Crippen LogP contribution in [0.1, 0.15) is 24.8 Å². The van der Waals surface area contributed by atoms with Crippen molar-refractivity contribution < 1.29 is 4.52 Å². The van der Waals surface area contributed by atoms with E-state index in [1.54, 1.807) is 11.3 Å². The summed E-state index contributed by atoms with van der Waals surface area (Å²) in [7, 11) is 0. The van der Waals surface area contributed by atoms with Crippen molar-refractivity contribution in [3.05, 3.63) is 41.4 Å². The number of rotatable bonds is 8. The normalized spacial score (nSPS) is 12.6. The molecule has 0 amide bonds. The van der Waals surface area contributed by atoms with Gasteiger partial charge in [-0.15, -0.1) is 11.3 Å². The van der Waals surface area contributed by atoms with Gasteiger partial charge in [-0.25, -0.2) is 0 Å². The van der Waals surface area contributed by atoms with Gasteiger partial charge in [0.15, 0.2) is 0 Å². The smallest absolute Gasteiger partial charge is 0.227 e. The van der Waals surface area contributed by atoms with Crippen molar-refractivity contribution in [1.29, 1.82) is 0 Å². The number of aromatic nitrogens is 4. The second-order valence-corrected chi connectivity index (χ2v) is 6.64. The Morgan fingerprint density at radius 3 is 3.09 bits per heavy atom. The summed E-state index contributed by atoms with van der Waals surface area (Å²) >= 11 is 1.62. The van der Waals surface area contributed by atoms with E-state index in [4.69, 9.17) is 4.52 Å². The summed E-state index contributed by atoms with van der Waals surface area (Å²) in [4.78, 5) is 5.47. The molecule has 0 saturated carbocycles. The minimum absolute atomic E-state index is 0.374. The van der Waals surface area contributed by atoms with Gasteiger partial charge in [-0.2, -0.15) is 10.1 Å². The molecule has 23 heavy (non-hydrogen) atoms. The van der Waals surface area contributed by atoms with Crippen molar-refractivity contribution >= 4 is 11.3 Å². The molecule has 0 bridgehead atoms. The summed E-state index contributed by atoms with van der Waals surface area (Å²) < 4.78 is 7.27. The lowest BCUT2D eigenvalue weighted by atomic mass is 10.2. The third kappa shape index (κ3) is 4.49. The van der Waals surface area contributed by atoms with Crippen molar-refractivity contribution in [3.63, 3.8) is 0 Å². The molecular formula is C16H21N5OS. The Labute approximate surface area is 139 Å². The average molecular weight is 331 g/mol. The number of thiophene rings is 1. The van der Waals surface area contributed by atoms with Crippen LogP contribution in [0.5, 0.6) is 0 Å². The maximum Gasteiger partial charge on any atom is 0.227 e. The van der Waals surface area contributed by atoms with Crippen LogP contribution in [-0.2, 0) is 13.0 Å². The van der Waals surface area contributed by atoms with Gasteiger partial charge in [-0.1, -0.05) is 11.2 Å². The van der Waals surface area contributed by atoms with Gasteiger partial charge in [0, 0.05) is 18.7 Å². The summed E-state index contributed by atoms with van der Waals surface area (Å²) in [5.41, 5.74) is 1.19. The van der Waals surface area contributed by atoms with E-state index in [2.05, 4.69) is 40.6 Å². The van der Waals surface area contributed by atoms with Crippen molar-refractivity contribution in [1.82, 2.24) is 25.2 Å². The fourth-order valence-electron chi connectivity index (χ4n) is 2.36. The van der Waals surface area contributed by atoms with Crippen LogP contribution in [0.3, 0.4) is 0 Å². The van der Waals surface area contributed by atoms with Crippen LogP contribution in [0.4, 0.5) is 0 Å². The monoisotopic (exact) mass is 331 g/mol. The Hall–Kier alpha value is -1.99. The zero-order valence-electron chi connectivity index (χ0n) is 13.4. The third-order valence-corrected chi connectivity index (χ3v) is 4.36. The second kappa shape index (κ2) is 7.52. The molecule has 1 N–H and O–H groups in total. The van der Waals surface area contributed by atoms with E-state index in [9.17, 15) is 0 Å². The lowest BCUT2D eigenvalue weighted by molar-refractivity contribution is 0.371. The molecule has 122 valence electrons. The quantitative estimate of drug-likeness (QED) is 0.643. The molecule has 3 heterocycles. The van der Waals surface area contributed by atoms with Gasteiger partial charge < -0.3 is 9.84 Å². The van der Waals surface area contributed by atoms with E-state index in [1.807, 2.05) is 28.4 Å². The molecule has 0 aliphatic carbocycles. The summed E-state index contributed by atoms with van der Waals surface area (Å²) in [6.45, 7) is 6.00. The highest BCUT2D eigenvalue weighted by Crippen LogP contribution is 2.21. The van der Waals surface area contributed by atoms with Gasteiger partial charge in [0.1, 0.15) is 0 Å². The van der Waals surface area contributed by atoms with Gasteiger partial charge in [-0.05, 0) is 43.8 Å². The summed E-state index contributed by atoms with van der Waals surface area (Å²) in [6, 6.07) is 4.36. The van der Waals surface area contributed by atoms with Crippen molar-refractivity contribution in [2.75, 3.05) is 6.54 Å². The highest BCUT2D eigenvalue weighted by Gasteiger charge is 2.09. The highest BCUT2D eigenvalue weighted by molar-refractivity contribution is 7.13. The summed E-state index contributed by atoms with van der Waals surface area (Å²) in [5.74, 6) is 1.39. The summed E-state index contributed by atoms with van der Waals surface area (Å²) in [6.07, 6.45) is 5.70. The molecule has 3 aromatic heterocycles. The Morgan fingerprint density at radius 2 is 2.35 bits per heavy atom. The lowest BCUT2D eigenvalue weighted by Gasteiger charge is -2.13. The van der Waals surface area contributed by atoms with E-state index in [1.165, 1.54) is 5.56 Å². The molecular weight excluding hydrogens is 310 g/mol. The lowest BCUT2D eigenvalue weighted by Crippen LogP contribution is -2.31. The molecule has 1 unspecified atom stereocenters. The predicted octanol–water partition coefficient (Wildman–Crippen LogP) is 2.91. The Morgan fingerprint density at radius 1 is 1.43 bits per heavy atom. The van der Waals surface area contributed by atoms with Crippen LogP contribution >= 0.6 is 11.3 Å². The molecule has 7 heteroatoms. The van der Waals surface area contributed by atoms with Crippen LogP contribution in [0.25, 0.3) is 10.7 Å². The largest absolute Gasteiger partial charge is 0.339 e. The average Bonchev–Trinajstić information content (AvgIpc) is 3.25. The minimum atomic E-state index is 0.374. The van der Waals surface area contributed by atoms with Crippen LogP contribution in [0, 0.1) is 6.92 Å². The number of aryl methyl sites for hydroxylation is 2. The Bertz CT molecular complexity index is 719. The highest BCUT2D eigenvalue weighted by atomic mass is 32.1. The molecule has 6 nitrogen and oxygen atoms in total. The minimum Gasteiger partial charge on any atom is -0.339 e. The van der Waals surface area contributed by atoms with Gasteiger partial charge in [0.25, 0.3) is 0 Å². The first-order valence-corrected chi connectivity index (χ1v) is 8.67. The first kappa shape index (κ1) is 15.9. The summed E-state index contributed by atoms with van der Waals surface area (Å²) in [5, 5.41) is 13.8. The molecule has 0 radical (unpaired) electrons. The molecule has 0 aromatic carbocycles. The topological polar surface area (TPSA) is 68.8 Å². The number of hydrogen-bond acceptors (Lipinski definition) is 6. The molecule has 3 aromatic rings. The van der Waals surface area contributed by atoms with Crippen LogP contribution in [0.15, 0.2) is 34.4 Å². The first-order chi connectivity index (χ1) is 11.2. The van der Waals surface area contributed by atoms with Crippen LogP contribution in [0.2, 0.25) is 0 Å². The molecule has 0 saturated heterocycles. The van der Waals surface area contributed by atoms with Crippen LogP contribution < -0.4 is 5.32 Å². The molecule has 0 aliphatic rings. The van der Waals surface area contributed by atoms with E-state index in [0.717, 1.165) is 30.8 Å². The molecule has 0 aliphatic heterocycles. The molecule has 1 atom stereocenters. The maximum absolute atomic E-state index is 5.30. The van der Waals surface area contributed by atoms with E-state index in [0.29, 0.717) is 17.8 Å². The Balaban J connectivity index is 1.38. The van der Waals surface area contributed by atoms with E-state index in [-0.39, 0.29) is 0 Å². The fraction of sp³-hybridized carbons (Fsp3) is 0.438. The van der Waals surface area contributed by atoms with Gasteiger partial charge in [-0.3, -0.25) is 4.68 Å². The third-order valence-electron chi connectivity index (χ3n) is 3.49. The SMILES string of the molecule is Cc1cnn(CC(C)NCCCc2nc(-c3cccs3)no2)c1. The molecule has 0 spiro atoms. The second-order valence-electron chi connectivity index (χ2n) is 5.69. The van der Waals surface area contributed by atoms with Crippen molar-refractivity contribution in [2.24, 2.45) is 0 Å². The van der Waals surface area contributed by atoms with Crippen molar-refractivity contribution in [2.45, 2.75) is 39.3 Å². The van der Waals surface area contributed by atoms with Crippen molar-refractivity contribution in [3.8, 4) is 10.7 Å². The molecule has 3 rings (SSSR count). The zero-order valence-corrected chi connectivity index (χ0v) is 14.2. The molecule has 0 fully saturated rings. The number of nitrogens with zero attached hydrogens (tertiary/aromatic N) is 4. The van der Waals surface area contributed by atoms with E-state index >= 15 is 0 Å². The Kier molecular flexibility index (Phi) is 5.19. The number of hydrogen-bond donors (Lipinski definition) is 1. The van der Waals surface area contributed by atoms with Crippen LogP contribution in [-0.4, -0.2) is 32.5 Å². The van der Waals surface area contributed by atoms with Gasteiger partial charge >= 0.3 is 0 Å². The first-order valence-electron chi connectivity index (χ1n) is 7.79. The van der Waals surface area contributed by atoms with Gasteiger partial charge in [0.2, 0.25) is 11.7 Å². The zero-order chi connectivity index (χ0) is 16.1. The maximum atomic E-state index is 5.30. The van der Waals surface area contributed by atoms with E-state index < -0.39 is 0 Å². The van der Waals surface area contributed by atoms with Gasteiger partial charge in [0.05, 0.1) is 17.6 Å². The fourth-order valence-corrected chi connectivity index (χ4v) is 3.01. The standard InChI is InChI=1S/C16H21N5OS/c1-12-9-18-21(10-12)11-13(2)17-7-3-6-15-19-16(20-22-15)14-5-4-8-23-14/h4-5,8-10,13,17H,3,6-7,11H2,1-2H3. The predicted molar refractivity (Wildman–Crippen MR) is 90.4 cm³/mol. The number of nitrogens with one attached hydrogen (secondary N) is 1.